The summed E-state index contributed by atoms with van der Waals surface area (Å²) >= 11 is 0. The molecule has 1 N–H and O–H groups in total. The van der Waals surface area contributed by atoms with Gasteiger partial charge >= 0.3 is 5.97 Å². The topological polar surface area (TPSA) is 40.5 Å². The van der Waals surface area contributed by atoms with Crippen molar-refractivity contribution in [2.24, 2.45) is 11.8 Å². The predicted octanol–water partition coefficient (Wildman–Crippen LogP) is 3.53. The van der Waals surface area contributed by atoms with Crippen LogP contribution in [0.1, 0.15) is 64.7 Å². The Bertz CT molecular complexity index is 305. The maximum atomic E-state index is 11.5. The van der Waals surface area contributed by atoms with Gasteiger partial charge in [0.05, 0.1) is 5.92 Å². The molecule has 110 valence electrons. The van der Waals surface area contributed by atoms with Crippen molar-refractivity contribution in [2.75, 3.05) is 7.05 Å². The maximum Gasteiger partial charge on any atom is 0.308 e. The zero-order valence-electron chi connectivity index (χ0n) is 12.5. The fraction of sp³-hybridized carbons (Fsp3) is 0.938. The highest BCUT2D eigenvalue weighted by Crippen LogP contribution is 2.33. The van der Waals surface area contributed by atoms with E-state index in [0.717, 1.165) is 25.2 Å². The number of rotatable bonds is 3. The molecule has 0 heterocycles. The highest BCUT2D eigenvalue weighted by Gasteiger charge is 2.35. The summed E-state index contributed by atoms with van der Waals surface area (Å²) < 4.78 is 0. The second kappa shape index (κ2) is 6.74. The van der Waals surface area contributed by atoms with Gasteiger partial charge in [0, 0.05) is 12.1 Å². The molecule has 0 spiro atoms. The van der Waals surface area contributed by atoms with E-state index in [0.29, 0.717) is 6.04 Å². The number of nitrogens with zero attached hydrogens (tertiary/aromatic N) is 1. The van der Waals surface area contributed by atoms with Gasteiger partial charge < -0.3 is 5.11 Å². The highest BCUT2D eigenvalue weighted by molar-refractivity contribution is 5.70. The van der Waals surface area contributed by atoms with E-state index < -0.39 is 5.97 Å². The van der Waals surface area contributed by atoms with Crippen molar-refractivity contribution in [1.82, 2.24) is 4.90 Å². The third-order valence-electron chi connectivity index (χ3n) is 5.30. The van der Waals surface area contributed by atoms with Crippen molar-refractivity contribution >= 4 is 5.97 Å². The minimum absolute atomic E-state index is 0.148. The second-order valence-electron chi connectivity index (χ2n) is 6.74. The lowest BCUT2D eigenvalue weighted by atomic mass is 9.84. The number of aliphatic carboxylic acids is 1. The smallest absolute Gasteiger partial charge is 0.308 e. The Labute approximate surface area is 117 Å². The Kier molecular flexibility index (Phi) is 5.26. The lowest BCUT2D eigenvalue weighted by Gasteiger charge is -2.40. The molecular formula is C16H29NO2. The lowest BCUT2D eigenvalue weighted by molar-refractivity contribution is -0.144. The Morgan fingerprint density at radius 1 is 1.05 bits per heavy atom. The fourth-order valence-corrected chi connectivity index (χ4v) is 4.11. The summed E-state index contributed by atoms with van der Waals surface area (Å²) in [4.78, 5) is 14.0. The highest BCUT2D eigenvalue weighted by atomic mass is 16.4. The van der Waals surface area contributed by atoms with E-state index in [1.807, 2.05) is 0 Å². The van der Waals surface area contributed by atoms with E-state index in [1.54, 1.807) is 0 Å². The number of carboxylic acid groups (broad SMARTS) is 1. The van der Waals surface area contributed by atoms with Crippen LogP contribution in [-0.2, 0) is 4.79 Å². The molecule has 3 nitrogen and oxygen atoms in total. The zero-order chi connectivity index (χ0) is 13.8. The van der Waals surface area contributed by atoms with Gasteiger partial charge in [0.15, 0.2) is 0 Å². The summed E-state index contributed by atoms with van der Waals surface area (Å²) in [6.45, 7) is 2.34. The number of carboxylic acids is 1. The number of hydrogen-bond acceptors (Lipinski definition) is 2. The van der Waals surface area contributed by atoms with Gasteiger partial charge in [-0.1, -0.05) is 39.0 Å². The van der Waals surface area contributed by atoms with Gasteiger partial charge in [-0.2, -0.15) is 0 Å². The molecule has 0 aromatic rings. The summed E-state index contributed by atoms with van der Waals surface area (Å²) in [5, 5.41) is 9.51. The molecule has 0 aromatic carbocycles. The van der Waals surface area contributed by atoms with Gasteiger partial charge in [0.1, 0.15) is 0 Å². The average Bonchev–Trinajstić information content (AvgIpc) is 2.63. The van der Waals surface area contributed by atoms with E-state index >= 15 is 0 Å². The molecule has 4 atom stereocenters. The molecule has 0 radical (unpaired) electrons. The maximum absolute atomic E-state index is 11.5. The molecule has 0 amide bonds. The van der Waals surface area contributed by atoms with Crippen molar-refractivity contribution in [2.45, 2.75) is 76.8 Å². The fourth-order valence-electron chi connectivity index (χ4n) is 4.11. The van der Waals surface area contributed by atoms with Crippen LogP contribution in [0.2, 0.25) is 0 Å². The van der Waals surface area contributed by atoms with Crippen LogP contribution in [0.3, 0.4) is 0 Å². The lowest BCUT2D eigenvalue weighted by Crippen LogP contribution is -2.47. The van der Waals surface area contributed by atoms with Crippen LogP contribution < -0.4 is 0 Å². The molecule has 0 saturated heterocycles. The largest absolute Gasteiger partial charge is 0.481 e. The Balaban J connectivity index is 2.04. The predicted molar refractivity (Wildman–Crippen MR) is 77.2 cm³/mol. The molecule has 4 unspecified atom stereocenters. The molecule has 0 aromatic heterocycles. The summed E-state index contributed by atoms with van der Waals surface area (Å²) in [5.74, 6) is 0.0718. The van der Waals surface area contributed by atoms with Crippen LogP contribution in [-0.4, -0.2) is 35.1 Å². The molecule has 19 heavy (non-hydrogen) atoms. The van der Waals surface area contributed by atoms with Crippen molar-refractivity contribution in [3.05, 3.63) is 0 Å². The molecule has 2 fully saturated rings. The van der Waals surface area contributed by atoms with Gasteiger partial charge in [-0.15, -0.1) is 0 Å². The molecule has 2 rings (SSSR count). The van der Waals surface area contributed by atoms with E-state index in [2.05, 4.69) is 18.9 Å². The van der Waals surface area contributed by atoms with Crippen LogP contribution in [0.5, 0.6) is 0 Å². The quantitative estimate of drug-likeness (QED) is 0.795. The molecule has 2 aliphatic rings. The Morgan fingerprint density at radius 3 is 2.47 bits per heavy atom. The van der Waals surface area contributed by atoms with Crippen molar-refractivity contribution in [1.29, 1.82) is 0 Å². The summed E-state index contributed by atoms with van der Waals surface area (Å²) in [6.07, 6.45) is 10.6. The molecule has 3 heteroatoms. The minimum atomic E-state index is -0.581. The van der Waals surface area contributed by atoms with Crippen molar-refractivity contribution in [3.8, 4) is 0 Å². The minimum Gasteiger partial charge on any atom is -0.481 e. The standard InChI is InChI=1S/C16H29NO2/c1-12-7-6-8-13(11-12)17(2)15-10-5-3-4-9-14(15)16(18)19/h12-15H,3-11H2,1-2H3,(H,18,19). The van der Waals surface area contributed by atoms with Gasteiger partial charge in [-0.05, 0) is 38.6 Å². The van der Waals surface area contributed by atoms with E-state index in [-0.39, 0.29) is 12.0 Å². The van der Waals surface area contributed by atoms with Crippen LogP contribution in [0.25, 0.3) is 0 Å². The first-order chi connectivity index (χ1) is 9.09. The SMILES string of the molecule is CC1CCCC(N(C)C2CCCCCC2C(=O)O)C1. The molecule has 0 aliphatic heterocycles. The van der Waals surface area contributed by atoms with Crippen LogP contribution in [0.15, 0.2) is 0 Å². The molecule has 0 bridgehead atoms. The summed E-state index contributed by atoms with van der Waals surface area (Å²) in [7, 11) is 2.18. The van der Waals surface area contributed by atoms with Crippen molar-refractivity contribution < 1.29 is 9.90 Å². The first-order valence-corrected chi connectivity index (χ1v) is 8.04. The Morgan fingerprint density at radius 2 is 1.79 bits per heavy atom. The monoisotopic (exact) mass is 267 g/mol. The van der Waals surface area contributed by atoms with Gasteiger partial charge in [-0.25, -0.2) is 0 Å². The van der Waals surface area contributed by atoms with E-state index in [4.69, 9.17) is 0 Å². The first kappa shape index (κ1) is 14.8. The van der Waals surface area contributed by atoms with Crippen LogP contribution in [0, 0.1) is 11.8 Å². The normalized spacial score (nSPS) is 37.0. The number of hydrogen-bond donors (Lipinski definition) is 1. The van der Waals surface area contributed by atoms with Crippen LogP contribution >= 0.6 is 0 Å². The zero-order valence-corrected chi connectivity index (χ0v) is 12.5. The molecular weight excluding hydrogens is 238 g/mol. The van der Waals surface area contributed by atoms with E-state index in [9.17, 15) is 9.90 Å². The third-order valence-corrected chi connectivity index (χ3v) is 5.30. The third kappa shape index (κ3) is 3.71. The molecule has 2 aliphatic carbocycles. The number of carbonyl (C=O) groups is 1. The van der Waals surface area contributed by atoms with Crippen molar-refractivity contribution in [3.63, 3.8) is 0 Å². The second-order valence-corrected chi connectivity index (χ2v) is 6.74. The van der Waals surface area contributed by atoms with Crippen LogP contribution in [0.4, 0.5) is 0 Å². The summed E-state index contributed by atoms with van der Waals surface area (Å²) in [6, 6.07) is 0.865. The van der Waals surface area contributed by atoms with Gasteiger partial charge in [-0.3, -0.25) is 9.69 Å². The Hall–Kier alpha value is -0.570. The van der Waals surface area contributed by atoms with Gasteiger partial charge in [0.25, 0.3) is 0 Å². The average molecular weight is 267 g/mol. The molecule has 2 saturated carbocycles. The summed E-state index contributed by atoms with van der Waals surface area (Å²) in [5.41, 5.74) is 0. The first-order valence-electron chi connectivity index (χ1n) is 8.04. The van der Waals surface area contributed by atoms with E-state index in [1.165, 1.54) is 38.5 Å². The van der Waals surface area contributed by atoms with Gasteiger partial charge in [0.2, 0.25) is 0 Å².